The number of para-hydroxylation sites is 1. The number of anilines is 1. The molecule has 0 spiro atoms. The summed E-state index contributed by atoms with van der Waals surface area (Å²) in [5, 5.41) is 3.45. The van der Waals surface area contributed by atoms with Crippen LogP contribution in [0.4, 0.5) is 5.69 Å². The van der Waals surface area contributed by atoms with Gasteiger partial charge in [0, 0.05) is 11.7 Å². The second-order valence-corrected chi connectivity index (χ2v) is 6.87. The van der Waals surface area contributed by atoms with Gasteiger partial charge in [0.25, 0.3) is 0 Å². The van der Waals surface area contributed by atoms with Gasteiger partial charge >= 0.3 is 0 Å². The van der Waals surface area contributed by atoms with E-state index in [2.05, 4.69) is 44.3 Å². The van der Waals surface area contributed by atoms with Crippen LogP contribution in [0.5, 0.6) is 0 Å². The van der Waals surface area contributed by atoms with Crippen LogP contribution in [-0.2, 0) is 11.2 Å². The molecular formula is C17H24N2O. The third-order valence-electron chi connectivity index (χ3n) is 4.82. The molecule has 1 amide bonds. The number of piperidine rings is 1. The van der Waals surface area contributed by atoms with Gasteiger partial charge in [-0.2, -0.15) is 0 Å². The highest BCUT2D eigenvalue weighted by Crippen LogP contribution is 2.36. The van der Waals surface area contributed by atoms with Gasteiger partial charge in [0.05, 0.1) is 6.04 Å². The number of hydrogen-bond donors (Lipinski definition) is 1. The average Bonchev–Trinajstić information content (AvgIpc) is 2.73. The molecule has 0 aromatic heterocycles. The van der Waals surface area contributed by atoms with Crippen LogP contribution in [0.15, 0.2) is 24.3 Å². The van der Waals surface area contributed by atoms with Gasteiger partial charge in [0.15, 0.2) is 0 Å². The van der Waals surface area contributed by atoms with E-state index in [0.29, 0.717) is 0 Å². The maximum Gasteiger partial charge on any atom is 0.244 e. The van der Waals surface area contributed by atoms with Crippen molar-refractivity contribution >= 4 is 11.6 Å². The Balaban J connectivity index is 1.91. The molecule has 1 saturated heterocycles. The molecule has 3 heteroatoms. The lowest BCUT2D eigenvalue weighted by Gasteiger charge is -2.41. The summed E-state index contributed by atoms with van der Waals surface area (Å²) in [6.07, 6.45) is 3.23. The minimum Gasteiger partial charge on any atom is -0.308 e. The molecule has 2 atom stereocenters. The highest BCUT2D eigenvalue weighted by Gasteiger charge is 2.42. The van der Waals surface area contributed by atoms with Crippen LogP contribution < -0.4 is 10.2 Å². The molecule has 2 unspecified atom stereocenters. The molecule has 3 rings (SSSR count). The van der Waals surface area contributed by atoms with Crippen molar-refractivity contribution < 1.29 is 4.79 Å². The second kappa shape index (κ2) is 4.88. The van der Waals surface area contributed by atoms with Crippen molar-refractivity contribution in [1.29, 1.82) is 0 Å². The molecule has 3 nitrogen and oxygen atoms in total. The fraction of sp³-hybridized carbons (Fsp3) is 0.588. The summed E-state index contributed by atoms with van der Waals surface area (Å²) in [7, 11) is 0. The molecule has 2 aliphatic heterocycles. The quantitative estimate of drug-likeness (QED) is 0.852. The third-order valence-corrected chi connectivity index (χ3v) is 4.82. The SMILES string of the molecule is CC1Cc2ccccc2N1C(=O)C1NCCCC1(C)C. The van der Waals surface area contributed by atoms with Crippen molar-refractivity contribution in [3.63, 3.8) is 0 Å². The summed E-state index contributed by atoms with van der Waals surface area (Å²) < 4.78 is 0. The first-order valence-electron chi connectivity index (χ1n) is 7.65. The maximum atomic E-state index is 13.1. The molecule has 0 saturated carbocycles. The van der Waals surface area contributed by atoms with E-state index in [9.17, 15) is 4.79 Å². The number of carbonyl (C=O) groups is 1. The zero-order chi connectivity index (χ0) is 14.3. The Kier molecular flexibility index (Phi) is 3.33. The van der Waals surface area contributed by atoms with Crippen molar-refractivity contribution in [2.45, 2.75) is 52.1 Å². The van der Waals surface area contributed by atoms with Crippen molar-refractivity contribution in [2.75, 3.05) is 11.4 Å². The Labute approximate surface area is 121 Å². The number of hydrogen-bond acceptors (Lipinski definition) is 2. The van der Waals surface area contributed by atoms with Gasteiger partial charge in [-0.3, -0.25) is 4.79 Å². The average molecular weight is 272 g/mol. The highest BCUT2D eigenvalue weighted by molar-refractivity contribution is 6.00. The molecule has 0 aliphatic carbocycles. The highest BCUT2D eigenvalue weighted by atomic mass is 16.2. The van der Waals surface area contributed by atoms with Crippen LogP contribution in [0.3, 0.4) is 0 Å². The van der Waals surface area contributed by atoms with E-state index in [-0.39, 0.29) is 23.4 Å². The van der Waals surface area contributed by atoms with Gasteiger partial charge < -0.3 is 10.2 Å². The standard InChI is InChI=1S/C17H24N2O/c1-12-11-13-7-4-5-8-14(13)19(12)16(20)15-17(2,3)9-6-10-18-15/h4-5,7-8,12,15,18H,6,9-11H2,1-3H3. The first-order chi connectivity index (χ1) is 9.50. The molecule has 1 fully saturated rings. The molecule has 20 heavy (non-hydrogen) atoms. The molecule has 2 aliphatic rings. The Morgan fingerprint density at radius 3 is 2.85 bits per heavy atom. The van der Waals surface area contributed by atoms with Crippen LogP contribution in [0.1, 0.15) is 39.2 Å². The van der Waals surface area contributed by atoms with Crippen LogP contribution in [0.2, 0.25) is 0 Å². The van der Waals surface area contributed by atoms with Crippen LogP contribution in [0, 0.1) is 5.41 Å². The number of benzene rings is 1. The predicted octanol–water partition coefficient (Wildman–Crippen LogP) is 2.74. The number of nitrogens with one attached hydrogen (secondary N) is 1. The van der Waals surface area contributed by atoms with E-state index in [1.54, 1.807) is 0 Å². The smallest absolute Gasteiger partial charge is 0.244 e. The minimum atomic E-state index is -0.0649. The van der Waals surface area contributed by atoms with Gasteiger partial charge in [-0.15, -0.1) is 0 Å². The number of carbonyl (C=O) groups excluding carboxylic acids is 1. The second-order valence-electron chi connectivity index (χ2n) is 6.87. The van der Waals surface area contributed by atoms with Gasteiger partial charge in [0.2, 0.25) is 5.91 Å². The van der Waals surface area contributed by atoms with Gasteiger partial charge in [-0.05, 0) is 49.8 Å². The van der Waals surface area contributed by atoms with E-state index in [0.717, 1.165) is 31.5 Å². The molecule has 1 aromatic rings. The maximum absolute atomic E-state index is 13.1. The van der Waals surface area contributed by atoms with Crippen LogP contribution >= 0.6 is 0 Å². The number of rotatable bonds is 1. The van der Waals surface area contributed by atoms with Crippen molar-refractivity contribution in [3.8, 4) is 0 Å². The van der Waals surface area contributed by atoms with Crippen LogP contribution in [0.25, 0.3) is 0 Å². The molecule has 1 N–H and O–H groups in total. The zero-order valence-corrected chi connectivity index (χ0v) is 12.6. The van der Waals surface area contributed by atoms with Crippen molar-refractivity contribution in [1.82, 2.24) is 5.32 Å². The fourth-order valence-electron chi connectivity index (χ4n) is 3.67. The first kappa shape index (κ1) is 13.6. The number of fused-ring (bicyclic) bond motifs is 1. The van der Waals surface area contributed by atoms with Gasteiger partial charge in [-0.1, -0.05) is 32.0 Å². The lowest BCUT2D eigenvalue weighted by Crippen LogP contribution is -2.57. The Bertz CT molecular complexity index is 523. The molecule has 0 bridgehead atoms. The summed E-state index contributed by atoms with van der Waals surface area (Å²) >= 11 is 0. The monoisotopic (exact) mass is 272 g/mol. The Morgan fingerprint density at radius 1 is 1.35 bits per heavy atom. The first-order valence-corrected chi connectivity index (χ1v) is 7.65. The number of nitrogens with zero attached hydrogens (tertiary/aromatic N) is 1. The van der Waals surface area contributed by atoms with Gasteiger partial charge in [-0.25, -0.2) is 0 Å². The minimum absolute atomic E-state index is 0.0343. The third kappa shape index (κ3) is 2.14. The summed E-state index contributed by atoms with van der Waals surface area (Å²) in [5.41, 5.74) is 2.43. The Hall–Kier alpha value is -1.35. The van der Waals surface area contributed by atoms with Crippen molar-refractivity contribution in [3.05, 3.63) is 29.8 Å². The van der Waals surface area contributed by atoms with E-state index < -0.39 is 0 Å². The normalized spacial score (nSPS) is 28.2. The van der Waals surface area contributed by atoms with E-state index in [1.165, 1.54) is 5.56 Å². The zero-order valence-electron chi connectivity index (χ0n) is 12.6. The van der Waals surface area contributed by atoms with Crippen LogP contribution in [-0.4, -0.2) is 24.5 Å². The van der Waals surface area contributed by atoms with Gasteiger partial charge in [0.1, 0.15) is 0 Å². The number of amides is 1. The summed E-state index contributed by atoms with van der Waals surface area (Å²) in [5.74, 6) is 0.243. The molecule has 2 heterocycles. The van der Waals surface area contributed by atoms with E-state index in [1.807, 2.05) is 11.0 Å². The Morgan fingerprint density at radius 2 is 2.10 bits per heavy atom. The largest absolute Gasteiger partial charge is 0.308 e. The molecule has 108 valence electrons. The topological polar surface area (TPSA) is 32.3 Å². The fourth-order valence-corrected chi connectivity index (χ4v) is 3.67. The molecule has 1 aromatic carbocycles. The lowest BCUT2D eigenvalue weighted by molar-refractivity contribution is -0.124. The lowest BCUT2D eigenvalue weighted by atomic mass is 9.77. The summed E-state index contributed by atoms with van der Waals surface area (Å²) in [4.78, 5) is 15.1. The summed E-state index contributed by atoms with van der Waals surface area (Å²) in [6, 6.07) is 8.49. The van der Waals surface area contributed by atoms with Crippen molar-refractivity contribution in [2.24, 2.45) is 5.41 Å². The van der Waals surface area contributed by atoms with E-state index in [4.69, 9.17) is 0 Å². The van der Waals surface area contributed by atoms with E-state index >= 15 is 0 Å². The summed E-state index contributed by atoms with van der Waals surface area (Å²) in [6.45, 7) is 7.50. The molecular weight excluding hydrogens is 248 g/mol. The molecule has 0 radical (unpaired) electrons. The predicted molar refractivity (Wildman–Crippen MR) is 81.9 cm³/mol.